The molecule has 0 fully saturated rings. The average molecular weight is 264 g/mol. The van der Waals surface area contributed by atoms with E-state index >= 15 is 0 Å². The smallest absolute Gasteiger partial charge is 0.118 e. The highest BCUT2D eigenvalue weighted by atomic mass is 32.1. The van der Waals surface area contributed by atoms with Gasteiger partial charge in [-0.2, -0.15) is 0 Å². The standard InChI is InChI=1S/C15H17FOS/c1-10-4-9-14(18-10)15(11(2)16)12-5-7-13(17-3)8-6-12/h4-9,11,15H,1-3H3/t11-,15?/m1/s1. The molecule has 1 unspecified atom stereocenters. The number of rotatable bonds is 4. The lowest BCUT2D eigenvalue weighted by Gasteiger charge is -2.17. The van der Waals surface area contributed by atoms with Crippen molar-refractivity contribution in [3.63, 3.8) is 0 Å². The van der Waals surface area contributed by atoms with E-state index in [0.29, 0.717) is 0 Å². The molecule has 1 aromatic carbocycles. The number of aryl methyl sites for hydroxylation is 1. The highest BCUT2D eigenvalue weighted by Gasteiger charge is 2.22. The lowest BCUT2D eigenvalue weighted by molar-refractivity contribution is 0.331. The molecule has 0 aliphatic rings. The molecule has 1 heterocycles. The van der Waals surface area contributed by atoms with E-state index in [-0.39, 0.29) is 5.92 Å². The van der Waals surface area contributed by atoms with Gasteiger partial charge in [-0.3, -0.25) is 0 Å². The molecule has 2 aromatic rings. The Hall–Kier alpha value is -1.35. The van der Waals surface area contributed by atoms with Crippen molar-refractivity contribution in [3.8, 4) is 5.75 Å². The Morgan fingerprint density at radius 3 is 2.22 bits per heavy atom. The molecule has 0 bridgehead atoms. The van der Waals surface area contributed by atoms with Crippen molar-refractivity contribution in [2.24, 2.45) is 0 Å². The van der Waals surface area contributed by atoms with Crippen LogP contribution < -0.4 is 4.74 Å². The minimum Gasteiger partial charge on any atom is -0.497 e. The van der Waals surface area contributed by atoms with E-state index in [9.17, 15) is 4.39 Å². The first-order valence-corrected chi connectivity index (χ1v) is 6.78. The van der Waals surface area contributed by atoms with E-state index in [2.05, 4.69) is 0 Å². The minimum atomic E-state index is -0.906. The first-order valence-electron chi connectivity index (χ1n) is 5.96. The summed E-state index contributed by atoms with van der Waals surface area (Å²) in [6.45, 7) is 3.66. The van der Waals surface area contributed by atoms with Crippen LogP contribution in [0.3, 0.4) is 0 Å². The van der Waals surface area contributed by atoms with E-state index in [4.69, 9.17) is 4.74 Å². The maximum Gasteiger partial charge on any atom is 0.118 e. The molecule has 2 atom stereocenters. The number of hydrogen-bond donors (Lipinski definition) is 0. The van der Waals surface area contributed by atoms with Crippen molar-refractivity contribution in [3.05, 3.63) is 51.7 Å². The molecular formula is C15H17FOS. The molecule has 1 nitrogen and oxygen atoms in total. The molecule has 0 radical (unpaired) electrons. The summed E-state index contributed by atoms with van der Waals surface area (Å²) in [6.07, 6.45) is -0.906. The lowest BCUT2D eigenvalue weighted by Crippen LogP contribution is -2.10. The van der Waals surface area contributed by atoms with Crippen molar-refractivity contribution in [1.82, 2.24) is 0 Å². The van der Waals surface area contributed by atoms with E-state index in [1.807, 2.05) is 43.3 Å². The molecule has 18 heavy (non-hydrogen) atoms. The third kappa shape index (κ3) is 2.72. The molecule has 0 saturated carbocycles. The third-order valence-electron chi connectivity index (χ3n) is 3.00. The molecule has 0 aliphatic heterocycles. The number of methoxy groups -OCH3 is 1. The summed E-state index contributed by atoms with van der Waals surface area (Å²) >= 11 is 1.66. The highest BCUT2D eigenvalue weighted by molar-refractivity contribution is 7.12. The largest absolute Gasteiger partial charge is 0.497 e. The summed E-state index contributed by atoms with van der Waals surface area (Å²) in [5.41, 5.74) is 0.993. The van der Waals surface area contributed by atoms with Crippen LogP contribution in [0.5, 0.6) is 5.75 Å². The summed E-state index contributed by atoms with van der Waals surface area (Å²) in [7, 11) is 1.63. The van der Waals surface area contributed by atoms with E-state index < -0.39 is 6.17 Å². The van der Waals surface area contributed by atoms with Crippen LogP contribution in [0.2, 0.25) is 0 Å². The summed E-state index contributed by atoms with van der Waals surface area (Å²) in [5.74, 6) is 0.612. The van der Waals surface area contributed by atoms with Crippen LogP contribution >= 0.6 is 11.3 Å². The zero-order valence-electron chi connectivity index (χ0n) is 10.8. The minimum absolute atomic E-state index is 0.186. The number of hydrogen-bond acceptors (Lipinski definition) is 2. The van der Waals surface area contributed by atoms with Crippen molar-refractivity contribution < 1.29 is 9.13 Å². The third-order valence-corrected chi connectivity index (χ3v) is 4.09. The first kappa shape index (κ1) is 13.1. The molecular weight excluding hydrogens is 247 g/mol. The lowest BCUT2D eigenvalue weighted by atomic mass is 9.93. The quantitative estimate of drug-likeness (QED) is 0.787. The topological polar surface area (TPSA) is 9.23 Å². The van der Waals surface area contributed by atoms with Crippen molar-refractivity contribution in [1.29, 1.82) is 0 Å². The van der Waals surface area contributed by atoms with Gasteiger partial charge in [0.15, 0.2) is 0 Å². The van der Waals surface area contributed by atoms with Crippen LogP contribution in [0.1, 0.15) is 28.2 Å². The second-order valence-corrected chi connectivity index (χ2v) is 5.70. The predicted molar refractivity (Wildman–Crippen MR) is 74.5 cm³/mol. The van der Waals surface area contributed by atoms with Gasteiger partial charge in [0.25, 0.3) is 0 Å². The Bertz CT molecular complexity index is 501. The van der Waals surface area contributed by atoms with Gasteiger partial charge in [0.05, 0.1) is 7.11 Å². The zero-order chi connectivity index (χ0) is 13.1. The second kappa shape index (κ2) is 5.53. The number of benzene rings is 1. The van der Waals surface area contributed by atoms with Gasteiger partial charge in [-0.15, -0.1) is 11.3 Å². The molecule has 0 amide bonds. The van der Waals surface area contributed by atoms with Crippen LogP contribution in [0, 0.1) is 6.92 Å². The Labute approximate surface area is 111 Å². The molecule has 0 spiro atoms. The first-order chi connectivity index (χ1) is 8.61. The van der Waals surface area contributed by atoms with Crippen molar-refractivity contribution >= 4 is 11.3 Å². The summed E-state index contributed by atoms with van der Waals surface area (Å²) in [4.78, 5) is 2.29. The molecule has 0 aliphatic carbocycles. The second-order valence-electron chi connectivity index (χ2n) is 4.38. The molecule has 3 heteroatoms. The monoisotopic (exact) mass is 264 g/mol. The SMILES string of the molecule is COc1ccc(C(c2ccc(C)s2)[C@@H](C)F)cc1. The predicted octanol–water partition coefficient (Wildman–Crippen LogP) is 4.56. The van der Waals surface area contributed by atoms with Crippen LogP contribution in [0.15, 0.2) is 36.4 Å². The zero-order valence-corrected chi connectivity index (χ0v) is 11.6. The van der Waals surface area contributed by atoms with E-state index in [1.165, 1.54) is 4.88 Å². The summed E-state index contributed by atoms with van der Waals surface area (Å²) < 4.78 is 19.0. The fourth-order valence-corrected chi connectivity index (χ4v) is 3.18. The van der Waals surface area contributed by atoms with Gasteiger partial charge in [0.1, 0.15) is 11.9 Å². The molecule has 0 N–H and O–H groups in total. The number of alkyl halides is 1. The summed E-state index contributed by atoms with van der Waals surface area (Å²) in [5, 5.41) is 0. The fraction of sp³-hybridized carbons (Fsp3) is 0.333. The van der Waals surface area contributed by atoms with Gasteiger partial charge in [-0.05, 0) is 43.7 Å². The van der Waals surface area contributed by atoms with Gasteiger partial charge in [0.2, 0.25) is 0 Å². The number of thiophene rings is 1. The molecule has 2 rings (SSSR count). The average Bonchev–Trinajstić information content (AvgIpc) is 2.76. The molecule has 1 aromatic heterocycles. The Morgan fingerprint density at radius 2 is 1.78 bits per heavy atom. The van der Waals surface area contributed by atoms with Gasteiger partial charge in [0, 0.05) is 15.7 Å². The van der Waals surface area contributed by atoms with Gasteiger partial charge in [-0.25, -0.2) is 4.39 Å². The maximum absolute atomic E-state index is 13.9. The maximum atomic E-state index is 13.9. The van der Waals surface area contributed by atoms with Gasteiger partial charge in [-0.1, -0.05) is 12.1 Å². The Kier molecular flexibility index (Phi) is 4.02. The Balaban J connectivity index is 2.35. The van der Waals surface area contributed by atoms with E-state index in [1.54, 1.807) is 25.4 Å². The van der Waals surface area contributed by atoms with Crippen molar-refractivity contribution in [2.45, 2.75) is 25.9 Å². The number of halogens is 1. The molecule has 96 valence electrons. The van der Waals surface area contributed by atoms with Gasteiger partial charge >= 0.3 is 0 Å². The van der Waals surface area contributed by atoms with E-state index in [0.717, 1.165) is 16.2 Å². The van der Waals surface area contributed by atoms with Crippen LogP contribution in [-0.2, 0) is 0 Å². The summed E-state index contributed by atoms with van der Waals surface area (Å²) in [6, 6.07) is 11.7. The fourth-order valence-electron chi connectivity index (χ4n) is 2.09. The Morgan fingerprint density at radius 1 is 1.11 bits per heavy atom. The normalized spacial score (nSPS) is 14.2. The highest BCUT2D eigenvalue weighted by Crippen LogP contribution is 2.34. The van der Waals surface area contributed by atoms with Gasteiger partial charge < -0.3 is 4.74 Å². The van der Waals surface area contributed by atoms with Crippen LogP contribution in [0.4, 0.5) is 4.39 Å². The number of ether oxygens (including phenoxy) is 1. The molecule has 0 saturated heterocycles. The van der Waals surface area contributed by atoms with Crippen LogP contribution in [0.25, 0.3) is 0 Å². The van der Waals surface area contributed by atoms with Crippen LogP contribution in [-0.4, -0.2) is 13.3 Å². The van der Waals surface area contributed by atoms with Crippen molar-refractivity contribution in [2.75, 3.05) is 7.11 Å².